The first-order valence-electron chi connectivity index (χ1n) is 6.31. The first-order chi connectivity index (χ1) is 8.74. The summed E-state index contributed by atoms with van der Waals surface area (Å²) in [4.78, 5) is 2.37. The van der Waals surface area contributed by atoms with Crippen molar-refractivity contribution in [2.24, 2.45) is 0 Å². The minimum absolute atomic E-state index is 0.344. The molecule has 1 N–H and O–H groups in total. The van der Waals surface area contributed by atoms with Crippen molar-refractivity contribution in [3.63, 3.8) is 0 Å². The van der Waals surface area contributed by atoms with Crippen molar-refractivity contribution in [2.75, 3.05) is 20.1 Å². The molecule has 0 bridgehead atoms. The van der Waals surface area contributed by atoms with E-state index in [-0.39, 0.29) is 5.82 Å². The van der Waals surface area contributed by atoms with Crippen LogP contribution in [0.4, 0.5) is 4.39 Å². The van der Waals surface area contributed by atoms with Gasteiger partial charge in [-0.1, -0.05) is 6.07 Å². The number of likely N-dealkylation sites (tertiary alicyclic amines) is 1. The standard InChI is InChI=1S/C14H18FN3/c1-17-9-14-3-2-6-18(14)10-11-4-5-13(15)7-12(11)8-16/h4-5,7,14,17H,2-3,6,9-10H2,1H3. The molecule has 0 amide bonds. The van der Waals surface area contributed by atoms with Crippen LogP contribution in [0.3, 0.4) is 0 Å². The number of nitriles is 1. The first kappa shape index (κ1) is 13.0. The molecule has 1 saturated heterocycles. The van der Waals surface area contributed by atoms with E-state index in [4.69, 9.17) is 5.26 Å². The van der Waals surface area contributed by atoms with E-state index in [0.29, 0.717) is 11.6 Å². The molecule has 1 fully saturated rings. The Morgan fingerprint density at radius 1 is 1.56 bits per heavy atom. The van der Waals surface area contributed by atoms with Crippen molar-refractivity contribution >= 4 is 0 Å². The average Bonchev–Trinajstić information content (AvgIpc) is 2.79. The number of halogens is 1. The molecule has 96 valence electrons. The lowest BCUT2D eigenvalue weighted by Crippen LogP contribution is -2.36. The molecular formula is C14H18FN3. The molecule has 1 aliphatic heterocycles. The van der Waals surface area contributed by atoms with Gasteiger partial charge in [-0.15, -0.1) is 0 Å². The van der Waals surface area contributed by atoms with Crippen molar-refractivity contribution in [3.05, 3.63) is 35.1 Å². The van der Waals surface area contributed by atoms with Crippen LogP contribution in [-0.2, 0) is 6.54 Å². The maximum absolute atomic E-state index is 13.1. The van der Waals surface area contributed by atoms with Crippen molar-refractivity contribution in [1.82, 2.24) is 10.2 Å². The predicted molar refractivity (Wildman–Crippen MR) is 68.5 cm³/mol. The average molecular weight is 247 g/mol. The summed E-state index contributed by atoms with van der Waals surface area (Å²) in [6.45, 7) is 2.74. The molecule has 0 saturated carbocycles. The van der Waals surface area contributed by atoms with Crippen LogP contribution >= 0.6 is 0 Å². The molecular weight excluding hydrogens is 229 g/mol. The van der Waals surface area contributed by atoms with Gasteiger partial charge in [0.25, 0.3) is 0 Å². The quantitative estimate of drug-likeness (QED) is 0.883. The first-order valence-corrected chi connectivity index (χ1v) is 6.31. The lowest BCUT2D eigenvalue weighted by atomic mass is 10.1. The van der Waals surface area contributed by atoms with Gasteiger partial charge >= 0.3 is 0 Å². The molecule has 1 aromatic rings. The number of likely N-dealkylation sites (N-methyl/N-ethyl adjacent to an activating group) is 1. The Kier molecular flexibility index (Phi) is 4.29. The Morgan fingerprint density at radius 2 is 2.39 bits per heavy atom. The monoisotopic (exact) mass is 247 g/mol. The van der Waals surface area contributed by atoms with Gasteiger partial charge < -0.3 is 5.32 Å². The van der Waals surface area contributed by atoms with Crippen LogP contribution in [0.5, 0.6) is 0 Å². The molecule has 2 rings (SSSR count). The third-order valence-corrected chi connectivity index (χ3v) is 3.50. The molecule has 1 heterocycles. The van der Waals surface area contributed by atoms with Gasteiger partial charge in [-0.25, -0.2) is 4.39 Å². The van der Waals surface area contributed by atoms with Crippen LogP contribution in [0, 0.1) is 17.1 Å². The van der Waals surface area contributed by atoms with Crippen molar-refractivity contribution < 1.29 is 4.39 Å². The summed E-state index contributed by atoms with van der Waals surface area (Å²) in [5.41, 5.74) is 1.37. The molecule has 1 atom stereocenters. The minimum Gasteiger partial charge on any atom is -0.318 e. The van der Waals surface area contributed by atoms with E-state index in [1.54, 1.807) is 6.07 Å². The van der Waals surface area contributed by atoms with Gasteiger partial charge in [0, 0.05) is 19.1 Å². The zero-order valence-corrected chi connectivity index (χ0v) is 10.6. The van der Waals surface area contributed by atoms with E-state index in [1.807, 2.05) is 7.05 Å². The Bertz CT molecular complexity index is 453. The molecule has 0 aliphatic carbocycles. The van der Waals surface area contributed by atoms with E-state index < -0.39 is 0 Å². The largest absolute Gasteiger partial charge is 0.318 e. The second-order valence-corrected chi connectivity index (χ2v) is 4.74. The van der Waals surface area contributed by atoms with Crippen LogP contribution in [0.15, 0.2) is 18.2 Å². The Morgan fingerprint density at radius 3 is 3.11 bits per heavy atom. The summed E-state index contributed by atoms with van der Waals surface area (Å²) in [5, 5.41) is 12.2. The predicted octanol–water partition coefficient (Wildman–Crippen LogP) is 1.88. The summed E-state index contributed by atoms with van der Waals surface area (Å²) in [6.07, 6.45) is 2.37. The van der Waals surface area contributed by atoms with Crippen molar-refractivity contribution in [3.8, 4) is 6.07 Å². The van der Waals surface area contributed by atoms with Crippen LogP contribution in [-0.4, -0.2) is 31.1 Å². The van der Waals surface area contributed by atoms with Gasteiger partial charge in [0.05, 0.1) is 11.6 Å². The van der Waals surface area contributed by atoms with E-state index in [2.05, 4.69) is 16.3 Å². The van der Waals surface area contributed by atoms with E-state index in [0.717, 1.165) is 25.2 Å². The fourth-order valence-electron chi connectivity index (χ4n) is 2.58. The molecule has 1 unspecified atom stereocenters. The fraction of sp³-hybridized carbons (Fsp3) is 0.500. The van der Waals surface area contributed by atoms with Crippen LogP contribution in [0.25, 0.3) is 0 Å². The Balaban J connectivity index is 2.11. The highest BCUT2D eigenvalue weighted by atomic mass is 19.1. The maximum Gasteiger partial charge on any atom is 0.124 e. The topological polar surface area (TPSA) is 39.1 Å². The molecule has 0 spiro atoms. The molecule has 1 aliphatic rings. The van der Waals surface area contributed by atoms with Gasteiger partial charge in [-0.05, 0) is 44.1 Å². The second-order valence-electron chi connectivity index (χ2n) is 4.74. The number of hydrogen-bond acceptors (Lipinski definition) is 3. The Labute approximate surface area is 107 Å². The summed E-state index contributed by atoms with van der Waals surface area (Å²) in [7, 11) is 1.95. The zero-order chi connectivity index (χ0) is 13.0. The smallest absolute Gasteiger partial charge is 0.124 e. The zero-order valence-electron chi connectivity index (χ0n) is 10.6. The number of benzene rings is 1. The SMILES string of the molecule is CNCC1CCCN1Cc1ccc(F)cc1C#N. The number of nitrogens with zero attached hydrogens (tertiary/aromatic N) is 2. The second kappa shape index (κ2) is 5.94. The maximum atomic E-state index is 13.1. The third-order valence-electron chi connectivity index (χ3n) is 3.50. The van der Waals surface area contributed by atoms with Crippen molar-refractivity contribution in [1.29, 1.82) is 5.26 Å². The lowest BCUT2D eigenvalue weighted by Gasteiger charge is -2.24. The van der Waals surface area contributed by atoms with Gasteiger partial charge in [-0.3, -0.25) is 4.90 Å². The van der Waals surface area contributed by atoms with Crippen molar-refractivity contribution in [2.45, 2.75) is 25.4 Å². The third kappa shape index (κ3) is 2.87. The van der Waals surface area contributed by atoms with Gasteiger partial charge in [-0.2, -0.15) is 5.26 Å². The van der Waals surface area contributed by atoms with E-state index in [1.165, 1.54) is 25.0 Å². The molecule has 0 aromatic heterocycles. The van der Waals surface area contributed by atoms with E-state index in [9.17, 15) is 4.39 Å². The number of nitrogens with one attached hydrogen (secondary N) is 1. The van der Waals surface area contributed by atoms with Gasteiger partial charge in [0.2, 0.25) is 0 Å². The highest BCUT2D eigenvalue weighted by Crippen LogP contribution is 2.21. The highest BCUT2D eigenvalue weighted by molar-refractivity contribution is 5.37. The summed E-state index contributed by atoms with van der Waals surface area (Å²) in [6, 6.07) is 7.07. The molecule has 0 radical (unpaired) electrons. The number of hydrogen-bond donors (Lipinski definition) is 1. The van der Waals surface area contributed by atoms with E-state index >= 15 is 0 Å². The van der Waals surface area contributed by atoms with Crippen LogP contribution < -0.4 is 5.32 Å². The number of rotatable bonds is 4. The normalized spacial score (nSPS) is 19.9. The minimum atomic E-state index is -0.344. The van der Waals surface area contributed by atoms with Crippen LogP contribution in [0.2, 0.25) is 0 Å². The molecule has 3 nitrogen and oxygen atoms in total. The fourth-order valence-corrected chi connectivity index (χ4v) is 2.58. The highest BCUT2D eigenvalue weighted by Gasteiger charge is 2.24. The summed E-state index contributed by atoms with van der Waals surface area (Å²) in [5.74, 6) is -0.344. The van der Waals surface area contributed by atoms with Crippen LogP contribution in [0.1, 0.15) is 24.0 Å². The Hall–Kier alpha value is -1.44. The van der Waals surface area contributed by atoms with Gasteiger partial charge in [0.1, 0.15) is 5.82 Å². The molecule has 18 heavy (non-hydrogen) atoms. The molecule has 4 heteroatoms. The summed E-state index contributed by atoms with van der Waals surface area (Å²) < 4.78 is 13.1. The van der Waals surface area contributed by atoms with Gasteiger partial charge in [0.15, 0.2) is 0 Å². The lowest BCUT2D eigenvalue weighted by molar-refractivity contribution is 0.242. The molecule has 1 aromatic carbocycles. The summed E-state index contributed by atoms with van der Waals surface area (Å²) >= 11 is 0.